The van der Waals surface area contributed by atoms with E-state index in [9.17, 15) is 0 Å². The summed E-state index contributed by atoms with van der Waals surface area (Å²) >= 11 is 0. The summed E-state index contributed by atoms with van der Waals surface area (Å²) in [6.07, 6.45) is 1.14. The maximum absolute atomic E-state index is 5.88. The van der Waals surface area contributed by atoms with E-state index in [4.69, 9.17) is 15.2 Å². The Kier molecular flexibility index (Phi) is 3.90. The summed E-state index contributed by atoms with van der Waals surface area (Å²) < 4.78 is 10.7. The summed E-state index contributed by atoms with van der Waals surface area (Å²) in [5.41, 5.74) is 7.12. The predicted molar refractivity (Wildman–Crippen MR) is 78.1 cm³/mol. The van der Waals surface area contributed by atoms with Crippen LogP contribution in [-0.2, 0) is 0 Å². The van der Waals surface area contributed by atoms with E-state index >= 15 is 0 Å². The number of anilines is 1. The molecule has 1 unspecified atom stereocenters. The number of nitrogens with zero attached hydrogens (tertiary/aromatic N) is 1. The summed E-state index contributed by atoms with van der Waals surface area (Å²) in [5, 5.41) is 0. The summed E-state index contributed by atoms with van der Waals surface area (Å²) in [6, 6.07) is 6.08. The average molecular weight is 264 g/mol. The molecule has 1 fully saturated rings. The Morgan fingerprint density at radius 1 is 1.26 bits per heavy atom. The van der Waals surface area contributed by atoms with Gasteiger partial charge in [-0.05, 0) is 44.9 Å². The summed E-state index contributed by atoms with van der Waals surface area (Å²) in [4.78, 5) is 2.41. The minimum Gasteiger partial charge on any atom is -0.493 e. The molecule has 4 heteroatoms. The van der Waals surface area contributed by atoms with E-state index in [1.165, 1.54) is 5.69 Å². The Bertz CT molecular complexity index is 446. The highest BCUT2D eigenvalue weighted by molar-refractivity contribution is 5.58. The highest BCUT2D eigenvalue weighted by atomic mass is 16.5. The second kappa shape index (κ2) is 5.29. The van der Waals surface area contributed by atoms with E-state index in [-0.39, 0.29) is 5.54 Å². The van der Waals surface area contributed by atoms with Crippen molar-refractivity contribution in [2.75, 3.05) is 32.2 Å². The first-order valence-corrected chi connectivity index (χ1v) is 6.74. The Labute approximate surface area is 115 Å². The molecule has 0 aromatic heterocycles. The van der Waals surface area contributed by atoms with Gasteiger partial charge < -0.3 is 20.1 Å². The molecule has 1 aromatic rings. The van der Waals surface area contributed by atoms with Crippen LogP contribution >= 0.6 is 0 Å². The fourth-order valence-electron chi connectivity index (χ4n) is 3.01. The quantitative estimate of drug-likeness (QED) is 0.906. The molecule has 4 nitrogen and oxygen atoms in total. The third-order valence-electron chi connectivity index (χ3n) is 4.36. The molecule has 0 saturated carbocycles. The maximum Gasteiger partial charge on any atom is 0.162 e. The van der Waals surface area contributed by atoms with Gasteiger partial charge >= 0.3 is 0 Å². The molecule has 0 bridgehead atoms. The molecule has 0 spiro atoms. The lowest BCUT2D eigenvalue weighted by atomic mass is 9.88. The van der Waals surface area contributed by atoms with Crippen molar-refractivity contribution < 1.29 is 9.47 Å². The first-order chi connectivity index (χ1) is 9.04. The van der Waals surface area contributed by atoms with Crippen molar-refractivity contribution >= 4 is 5.69 Å². The van der Waals surface area contributed by atoms with Crippen molar-refractivity contribution in [3.8, 4) is 11.5 Å². The van der Waals surface area contributed by atoms with Gasteiger partial charge in [-0.2, -0.15) is 0 Å². The van der Waals surface area contributed by atoms with Crippen molar-refractivity contribution in [2.24, 2.45) is 11.7 Å². The largest absolute Gasteiger partial charge is 0.493 e. The minimum atomic E-state index is 0.0777. The minimum absolute atomic E-state index is 0.0777. The van der Waals surface area contributed by atoms with E-state index in [0.717, 1.165) is 31.0 Å². The molecule has 1 aliphatic rings. The van der Waals surface area contributed by atoms with Gasteiger partial charge in [0.15, 0.2) is 11.5 Å². The van der Waals surface area contributed by atoms with Crippen molar-refractivity contribution in [3.05, 3.63) is 18.2 Å². The number of rotatable bonds is 4. The Morgan fingerprint density at radius 3 is 2.47 bits per heavy atom. The molecule has 106 valence electrons. The predicted octanol–water partition coefficient (Wildman–Crippen LogP) is 2.27. The highest BCUT2D eigenvalue weighted by Gasteiger charge is 2.40. The zero-order chi connectivity index (χ0) is 14.0. The highest BCUT2D eigenvalue weighted by Crippen LogP contribution is 2.40. The van der Waals surface area contributed by atoms with Gasteiger partial charge in [0.2, 0.25) is 0 Å². The molecular formula is C15H24N2O2. The molecule has 1 saturated heterocycles. The number of nitrogens with two attached hydrogens (primary N) is 1. The third kappa shape index (κ3) is 2.37. The van der Waals surface area contributed by atoms with E-state index < -0.39 is 0 Å². The van der Waals surface area contributed by atoms with Crippen molar-refractivity contribution in [1.29, 1.82) is 0 Å². The molecular weight excluding hydrogens is 240 g/mol. The van der Waals surface area contributed by atoms with Gasteiger partial charge in [-0.1, -0.05) is 0 Å². The lowest BCUT2D eigenvalue weighted by Gasteiger charge is -2.37. The van der Waals surface area contributed by atoms with E-state index in [1.807, 2.05) is 12.1 Å². The van der Waals surface area contributed by atoms with E-state index in [2.05, 4.69) is 24.8 Å². The van der Waals surface area contributed by atoms with Crippen LogP contribution in [0.5, 0.6) is 11.5 Å². The molecule has 1 aromatic carbocycles. The smallest absolute Gasteiger partial charge is 0.162 e. The van der Waals surface area contributed by atoms with Crippen LogP contribution in [0.1, 0.15) is 20.3 Å². The van der Waals surface area contributed by atoms with Crippen molar-refractivity contribution in [1.82, 2.24) is 0 Å². The van der Waals surface area contributed by atoms with Crippen LogP contribution in [0.15, 0.2) is 18.2 Å². The summed E-state index contributed by atoms with van der Waals surface area (Å²) in [5.74, 6) is 2.06. The number of methoxy groups -OCH3 is 2. The van der Waals surface area contributed by atoms with Crippen molar-refractivity contribution in [3.63, 3.8) is 0 Å². The van der Waals surface area contributed by atoms with Gasteiger partial charge in [0.05, 0.1) is 14.2 Å². The fraction of sp³-hybridized carbons (Fsp3) is 0.600. The molecule has 1 aliphatic heterocycles. The van der Waals surface area contributed by atoms with Crippen LogP contribution in [-0.4, -0.2) is 32.8 Å². The van der Waals surface area contributed by atoms with Crippen LogP contribution in [0.3, 0.4) is 0 Å². The molecule has 1 atom stereocenters. The molecule has 19 heavy (non-hydrogen) atoms. The zero-order valence-corrected chi connectivity index (χ0v) is 12.3. The van der Waals surface area contributed by atoms with Gasteiger partial charge in [0.25, 0.3) is 0 Å². The fourth-order valence-corrected chi connectivity index (χ4v) is 3.01. The monoisotopic (exact) mass is 264 g/mol. The Balaban J connectivity index is 2.32. The average Bonchev–Trinajstić information content (AvgIpc) is 2.72. The van der Waals surface area contributed by atoms with Crippen LogP contribution in [0.4, 0.5) is 5.69 Å². The molecule has 2 rings (SSSR count). The first kappa shape index (κ1) is 14.0. The summed E-state index contributed by atoms with van der Waals surface area (Å²) in [7, 11) is 3.32. The molecule has 1 heterocycles. The van der Waals surface area contributed by atoms with E-state index in [1.54, 1.807) is 14.2 Å². The van der Waals surface area contributed by atoms with Crippen molar-refractivity contribution in [2.45, 2.75) is 25.8 Å². The molecule has 0 amide bonds. The molecule has 0 aliphatic carbocycles. The normalized spacial score (nSPS) is 21.5. The van der Waals surface area contributed by atoms with Gasteiger partial charge in [0.1, 0.15) is 0 Å². The van der Waals surface area contributed by atoms with E-state index in [0.29, 0.717) is 5.92 Å². The lowest BCUT2D eigenvalue weighted by Crippen LogP contribution is -2.44. The Morgan fingerprint density at radius 2 is 1.95 bits per heavy atom. The van der Waals surface area contributed by atoms with Crippen LogP contribution < -0.4 is 20.1 Å². The topological polar surface area (TPSA) is 47.7 Å². The second-order valence-corrected chi connectivity index (χ2v) is 5.57. The van der Waals surface area contributed by atoms with Crippen LogP contribution in [0.2, 0.25) is 0 Å². The zero-order valence-electron chi connectivity index (χ0n) is 12.3. The summed E-state index contributed by atoms with van der Waals surface area (Å²) in [6.45, 7) is 6.28. The van der Waals surface area contributed by atoms with Gasteiger partial charge in [-0.3, -0.25) is 0 Å². The molecule has 0 radical (unpaired) electrons. The maximum atomic E-state index is 5.88. The number of hydrogen-bond donors (Lipinski definition) is 1. The molecule has 2 N–H and O–H groups in total. The van der Waals surface area contributed by atoms with Gasteiger partial charge in [-0.15, -0.1) is 0 Å². The number of ether oxygens (including phenoxy) is 2. The van der Waals surface area contributed by atoms with Crippen LogP contribution in [0, 0.1) is 5.92 Å². The third-order valence-corrected chi connectivity index (χ3v) is 4.36. The lowest BCUT2D eigenvalue weighted by molar-refractivity contribution is 0.353. The first-order valence-electron chi connectivity index (χ1n) is 6.74. The second-order valence-electron chi connectivity index (χ2n) is 5.57. The number of hydrogen-bond acceptors (Lipinski definition) is 4. The number of benzene rings is 1. The Hall–Kier alpha value is -1.42. The standard InChI is InChI=1S/C15H24N2O2/c1-15(2)11(10-16)7-8-17(15)12-5-6-13(18-3)14(9-12)19-4/h5-6,9,11H,7-8,10,16H2,1-4H3. The van der Waals surface area contributed by atoms with Crippen LogP contribution in [0.25, 0.3) is 0 Å². The van der Waals surface area contributed by atoms with Gasteiger partial charge in [0, 0.05) is 23.8 Å². The van der Waals surface area contributed by atoms with Gasteiger partial charge in [-0.25, -0.2) is 0 Å². The SMILES string of the molecule is COc1ccc(N2CCC(CN)C2(C)C)cc1OC.